The molecule has 1 unspecified atom stereocenters. The molecule has 0 spiro atoms. The van der Waals surface area contributed by atoms with Crippen LogP contribution in [0.5, 0.6) is 11.5 Å². The summed E-state index contributed by atoms with van der Waals surface area (Å²) < 4.78 is 27.5. The molecule has 1 heterocycles. The second-order valence-electron chi connectivity index (χ2n) is 8.54. The molecular formula is C28H28ClFN4O2. The van der Waals surface area contributed by atoms with Crippen molar-refractivity contribution in [3.8, 4) is 11.5 Å². The van der Waals surface area contributed by atoms with Gasteiger partial charge < -0.3 is 20.5 Å². The number of pyridine rings is 1. The van der Waals surface area contributed by atoms with Crippen LogP contribution in [-0.4, -0.2) is 23.5 Å². The number of halogens is 2. The molecule has 1 aromatic heterocycles. The Labute approximate surface area is 214 Å². The summed E-state index contributed by atoms with van der Waals surface area (Å²) in [5, 5.41) is 12.4. The maximum Gasteiger partial charge on any atom is 0.171 e. The molecular weight excluding hydrogens is 479 g/mol. The lowest BCUT2D eigenvalue weighted by molar-refractivity contribution is 0.228. The standard InChI is InChI=1S/C28H28ClFN4O2/c1-4-35-20-14-21(25(30)24(15-20)36-16(2)3)27(33-19-11-8-18(9-12-19)28(31)32)23-13-10-17-6-5-7-22(29)26(17)34-23/h5-16,27,33H,4H2,1-3H3,(H3,31,32). The van der Waals surface area contributed by atoms with Crippen LogP contribution in [0.3, 0.4) is 0 Å². The predicted molar refractivity (Wildman–Crippen MR) is 143 cm³/mol. The normalized spacial score (nSPS) is 11.9. The van der Waals surface area contributed by atoms with E-state index in [1.54, 1.807) is 42.5 Å². The van der Waals surface area contributed by atoms with Gasteiger partial charge in [-0.05, 0) is 63.2 Å². The quantitative estimate of drug-likeness (QED) is 0.173. The van der Waals surface area contributed by atoms with E-state index < -0.39 is 11.9 Å². The van der Waals surface area contributed by atoms with Crippen molar-refractivity contribution in [2.75, 3.05) is 11.9 Å². The molecule has 0 aliphatic rings. The number of nitrogen functional groups attached to an aromatic ring is 1. The van der Waals surface area contributed by atoms with Gasteiger partial charge >= 0.3 is 0 Å². The number of aromatic nitrogens is 1. The molecule has 6 nitrogen and oxygen atoms in total. The van der Waals surface area contributed by atoms with Gasteiger partial charge in [-0.3, -0.25) is 5.41 Å². The number of hydrogen-bond acceptors (Lipinski definition) is 5. The van der Waals surface area contributed by atoms with Crippen LogP contribution in [0.4, 0.5) is 10.1 Å². The molecule has 0 aliphatic carbocycles. The molecule has 4 rings (SSSR count). The van der Waals surface area contributed by atoms with Gasteiger partial charge in [-0.15, -0.1) is 0 Å². The van der Waals surface area contributed by atoms with Gasteiger partial charge in [0.25, 0.3) is 0 Å². The van der Waals surface area contributed by atoms with E-state index in [1.807, 2.05) is 45.0 Å². The molecule has 0 amide bonds. The molecule has 0 saturated heterocycles. The van der Waals surface area contributed by atoms with Crippen molar-refractivity contribution in [1.82, 2.24) is 4.98 Å². The molecule has 0 fully saturated rings. The fourth-order valence-electron chi connectivity index (χ4n) is 3.90. The number of nitrogens with one attached hydrogen (secondary N) is 2. The Balaban J connectivity index is 1.88. The second kappa shape index (κ2) is 10.8. The maximum atomic E-state index is 15.9. The van der Waals surface area contributed by atoms with E-state index in [4.69, 9.17) is 37.2 Å². The Morgan fingerprint density at radius 1 is 1.11 bits per heavy atom. The van der Waals surface area contributed by atoms with Gasteiger partial charge in [-0.1, -0.05) is 29.8 Å². The number of para-hydroxylation sites is 1. The number of fused-ring (bicyclic) bond motifs is 1. The van der Waals surface area contributed by atoms with Crippen LogP contribution in [-0.2, 0) is 0 Å². The Bertz CT molecular complexity index is 1390. The molecule has 36 heavy (non-hydrogen) atoms. The molecule has 0 radical (unpaired) electrons. The van der Waals surface area contributed by atoms with E-state index in [0.717, 1.165) is 5.39 Å². The van der Waals surface area contributed by atoms with Crippen molar-refractivity contribution in [3.63, 3.8) is 0 Å². The smallest absolute Gasteiger partial charge is 0.171 e. The van der Waals surface area contributed by atoms with Gasteiger partial charge in [0.15, 0.2) is 11.6 Å². The Kier molecular flexibility index (Phi) is 7.60. The minimum atomic E-state index is -0.705. The third-order valence-corrected chi connectivity index (χ3v) is 5.83. The first kappa shape index (κ1) is 25.3. The van der Waals surface area contributed by atoms with Crippen LogP contribution in [0.15, 0.2) is 66.7 Å². The molecule has 8 heteroatoms. The van der Waals surface area contributed by atoms with Crippen LogP contribution >= 0.6 is 11.6 Å². The molecule has 186 valence electrons. The van der Waals surface area contributed by atoms with E-state index in [2.05, 4.69) is 5.32 Å². The monoisotopic (exact) mass is 506 g/mol. The summed E-state index contributed by atoms with van der Waals surface area (Å²) >= 11 is 6.44. The Morgan fingerprint density at radius 2 is 1.86 bits per heavy atom. The number of benzene rings is 3. The van der Waals surface area contributed by atoms with Crippen LogP contribution in [0.25, 0.3) is 10.9 Å². The number of amidine groups is 1. The van der Waals surface area contributed by atoms with Crippen molar-refractivity contribution < 1.29 is 13.9 Å². The average Bonchev–Trinajstić information content (AvgIpc) is 2.85. The summed E-state index contributed by atoms with van der Waals surface area (Å²) in [6.07, 6.45) is -0.229. The first-order valence-electron chi connectivity index (χ1n) is 11.7. The summed E-state index contributed by atoms with van der Waals surface area (Å²) in [4.78, 5) is 4.80. The first-order valence-corrected chi connectivity index (χ1v) is 12.0. The zero-order valence-electron chi connectivity index (χ0n) is 20.3. The third-order valence-electron chi connectivity index (χ3n) is 5.52. The summed E-state index contributed by atoms with van der Waals surface area (Å²) in [7, 11) is 0. The van der Waals surface area contributed by atoms with Crippen LogP contribution in [0.2, 0.25) is 5.02 Å². The second-order valence-corrected chi connectivity index (χ2v) is 8.95. The Morgan fingerprint density at radius 3 is 2.53 bits per heavy atom. The number of hydrogen-bond donors (Lipinski definition) is 3. The highest BCUT2D eigenvalue weighted by atomic mass is 35.5. The number of anilines is 1. The topological polar surface area (TPSA) is 93.2 Å². The summed E-state index contributed by atoms with van der Waals surface area (Å²) in [5.74, 6) is 0.0477. The molecule has 4 N–H and O–H groups in total. The fraction of sp³-hybridized carbons (Fsp3) is 0.214. The van der Waals surface area contributed by atoms with Gasteiger partial charge in [-0.2, -0.15) is 0 Å². The van der Waals surface area contributed by atoms with Gasteiger partial charge in [0.2, 0.25) is 0 Å². The molecule has 0 bridgehead atoms. The number of nitrogens with zero attached hydrogens (tertiary/aromatic N) is 1. The summed E-state index contributed by atoms with van der Waals surface area (Å²) in [6.45, 7) is 5.96. The molecule has 0 aliphatic heterocycles. The highest BCUT2D eigenvalue weighted by Gasteiger charge is 2.25. The Hall–Kier alpha value is -3.84. The van der Waals surface area contributed by atoms with Crippen LogP contribution in [0, 0.1) is 11.2 Å². The maximum absolute atomic E-state index is 15.9. The molecule has 0 saturated carbocycles. The van der Waals surface area contributed by atoms with Gasteiger partial charge in [0.05, 0.1) is 35.0 Å². The zero-order valence-corrected chi connectivity index (χ0v) is 21.1. The lowest BCUT2D eigenvalue weighted by Crippen LogP contribution is -2.18. The minimum absolute atomic E-state index is 0.0325. The number of ether oxygens (including phenoxy) is 2. The SMILES string of the molecule is CCOc1cc(OC(C)C)c(F)c(C(Nc2ccc(C(=N)N)cc2)c2ccc3cccc(Cl)c3n2)c1. The average molecular weight is 507 g/mol. The number of rotatable bonds is 9. The minimum Gasteiger partial charge on any atom is -0.494 e. The summed E-state index contributed by atoms with van der Waals surface area (Å²) in [5.41, 5.74) is 8.38. The van der Waals surface area contributed by atoms with E-state index in [0.29, 0.717) is 45.4 Å². The zero-order chi connectivity index (χ0) is 25.8. The summed E-state index contributed by atoms with van der Waals surface area (Å²) in [6, 6.07) is 18.9. The lowest BCUT2D eigenvalue weighted by atomic mass is 9.99. The van der Waals surface area contributed by atoms with Crippen LogP contribution in [0.1, 0.15) is 43.6 Å². The van der Waals surface area contributed by atoms with E-state index >= 15 is 4.39 Å². The van der Waals surface area contributed by atoms with Crippen molar-refractivity contribution >= 4 is 34.0 Å². The van der Waals surface area contributed by atoms with Crippen molar-refractivity contribution in [2.24, 2.45) is 5.73 Å². The number of nitrogens with two attached hydrogens (primary N) is 1. The fourth-order valence-corrected chi connectivity index (χ4v) is 4.13. The first-order chi connectivity index (χ1) is 17.3. The van der Waals surface area contributed by atoms with Gasteiger partial charge in [0, 0.05) is 28.3 Å². The molecule has 3 aromatic carbocycles. The highest BCUT2D eigenvalue weighted by molar-refractivity contribution is 6.35. The predicted octanol–water partition coefficient (Wildman–Crippen LogP) is 6.70. The van der Waals surface area contributed by atoms with Crippen LogP contribution < -0.4 is 20.5 Å². The van der Waals surface area contributed by atoms with E-state index in [-0.39, 0.29) is 17.7 Å². The van der Waals surface area contributed by atoms with Crippen molar-refractivity contribution in [2.45, 2.75) is 32.9 Å². The van der Waals surface area contributed by atoms with Gasteiger partial charge in [-0.25, -0.2) is 9.37 Å². The van der Waals surface area contributed by atoms with Gasteiger partial charge in [0.1, 0.15) is 11.6 Å². The molecule has 4 aromatic rings. The van der Waals surface area contributed by atoms with E-state index in [9.17, 15) is 0 Å². The third kappa shape index (κ3) is 5.52. The largest absolute Gasteiger partial charge is 0.494 e. The van der Waals surface area contributed by atoms with Crippen molar-refractivity contribution in [1.29, 1.82) is 5.41 Å². The van der Waals surface area contributed by atoms with Crippen molar-refractivity contribution in [3.05, 3.63) is 94.4 Å². The lowest BCUT2D eigenvalue weighted by Gasteiger charge is -2.24. The highest BCUT2D eigenvalue weighted by Crippen LogP contribution is 2.37. The van der Waals surface area contributed by atoms with E-state index in [1.165, 1.54) is 0 Å². The molecule has 1 atom stereocenters.